The molecule has 0 aromatic heterocycles. The van der Waals surface area contributed by atoms with Crippen LogP contribution < -0.4 is 0 Å². The molecular formula is C10H10BrF2O2S-. The van der Waals surface area contributed by atoms with E-state index in [-0.39, 0.29) is 4.90 Å². The number of benzene rings is 1. The summed E-state index contributed by atoms with van der Waals surface area (Å²) in [5.74, 6) is -2.84. The van der Waals surface area contributed by atoms with Crippen LogP contribution in [0.5, 0.6) is 0 Å². The molecule has 1 aromatic carbocycles. The molecule has 0 aliphatic heterocycles. The molecule has 0 aliphatic carbocycles. The molecule has 6 heteroatoms. The maximum atomic E-state index is 12.8. The van der Waals surface area contributed by atoms with Crippen molar-refractivity contribution in [3.8, 4) is 0 Å². The smallest absolute Gasteiger partial charge is 0.246 e. The van der Waals surface area contributed by atoms with Gasteiger partial charge < -0.3 is 4.55 Å². The zero-order valence-corrected chi connectivity index (χ0v) is 10.9. The van der Waals surface area contributed by atoms with E-state index in [4.69, 9.17) is 0 Å². The summed E-state index contributed by atoms with van der Waals surface area (Å²) in [6.07, 6.45) is -0.443. The average Bonchev–Trinajstić information content (AvgIpc) is 2.15. The van der Waals surface area contributed by atoms with Crippen LogP contribution in [0.3, 0.4) is 0 Å². The van der Waals surface area contributed by atoms with Crippen molar-refractivity contribution < 1.29 is 17.5 Å². The van der Waals surface area contributed by atoms with Crippen molar-refractivity contribution in [3.05, 3.63) is 29.8 Å². The Morgan fingerprint density at radius 1 is 1.50 bits per heavy atom. The van der Waals surface area contributed by atoms with E-state index in [1.54, 1.807) is 12.1 Å². The third-order valence-electron chi connectivity index (χ3n) is 1.97. The normalized spacial score (nSPS) is 15.8. The van der Waals surface area contributed by atoms with Gasteiger partial charge in [0.1, 0.15) is 0 Å². The Morgan fingerprint density at radius 3 is 2.56 bits per heavy atom. The van der Waals surface area contributed by atoms with Crippen molar-refractivity contribution in [2.24, 2.45) is 0 Å². The van der Waals surface area contributed by atoms with Gasteiger partial charge in [-0.2, -0.15) is 0 Å². The molecule has 90 valence electrons. The zero-order valence-electron chi connectivity index (χ0n) is 8.45. The second-order valence-electron chi connectivity index (χ2n) is 3.51. The van der Waals surface area contributed by atoms with E-state index in [0.717, 1.165) is 6.92 Å². The number of alkyl halides is 3. The van der Waals surface area contributed by atoms with Crippen molar-refractivity contribution >= 4 is 27.0 Å². The van der Waals surface area contributed by atoms with Crippen LogP contribution in [0.1, 0.15) is 23.7 Å². The molecule has 0 fully saturated rings. The summed E-state index contributed by atoms with van der Waals surface area (Å²) in [6.45, 7) is 0.804. The summed E-state index contributed by atoms with van der Waals surface area (Å²) in [7, 11) is 0. The Morgan fingerprint density at radius 2 is 2.06 bits per heavy atom. The molecule has 0 bridgehead atoms. The molecule has 0 heterocycles. The van der Waals surface area contributed by atoms with Gasteiger partial charge in [-0.3, -0.25) is 4.21 Å². The molecular weight excluding hydrogens is 302 g/mol. The van der Waals surface area contributed by atoms with Crippen LogP contribution in [0.2, 0.25) is 0 Å². The fourth-order valence-electron chi connectivity index (χ4n) is 1.32. The highest BCUT2D eigenvalue weighted by molar-refractivity contribution is 9.09. The maximum Gasteiger partial charge on any atom is 0.246 e. The van der Waals surface area contributed by atoms with Crippen molar-refractivity contribution in [3.63, 3.8) is 0 Å². The predicted octanol–water partition coefficient (Wildman–Crippen LogP) is 3.41. The standard InChI is InChI=1S/C10H11BrF2O2S/c1-10(12,13)6-8(11)7-4-2-3-5-9(7)16(14)15/h2-5,8H,6H2,1H3,(H,14,15)/p-1. The first-order valence-corrected chi connectivity index (χ1v) is 6.50. The van der Waals surface area contributed by atoms with E-state index in [1.807, 2.05) is 0 Å². The van der Waals surface area contributed by atoms with E-state index >= 15 is 0 Å². The van der Waals surface area contributed by atoms with Crippen LogP contribution in [-0.4, -0.2) is 14.7 Å². The molecule has 2 atom stereocenters. The van der Waals surface area contributed by atoms with Gasteiger partial charge in [-0.25, -0.2) is 8.78 Å². The van der Waals surface area contributed by atoms with Gasteiger partial charge in [0.05, 0.1) is 0 Å². The number of rotatable bonds is 4. The third kappa shape index (κ3) is 3.92. The zero-order chi connectivity index (χ0) is 12.3. The molecule has 1 aromatic rings. The minimum Gasteiger partial charge on any atom is -0.768 e. The lowest BCUT2D eigenvalue weighted by molar-refractivity contribution is 0.0128. The maximum absolute atomic E-state index is 12.8. The predicted molar refractivity (Wildman–Crippen MR) is 60.5 cm³/mol. The van der Waals surface area contributed by atoms with E-state index in [0.29, 0.717) is 5.56 Å². The highest BCUT2D eigenvalue weighted by Crippen LogP contribution is 2.36. The van der Waals surface area contributed by atoms with Crippen molar-refractivity contribution in [2.45, 2.75) is 29.0 Å². The fraction of sp³-hybridized carbons (Fsp3) is 0.400. The number of halogens is 3. The Labute approximate surface area is 103 Å². The highest BCUT2D eigenvalue weighted by atomic mass is 79.9. The van der Waals surface area contributed by atoms with E-state index < -0.39 is 28.3 Å². The first-order chi connectivity index (χ1) is 7.31. The first kappa shape index (κ1) is 13.7. The monoisotopic (exact) mass is 311 g/mol. The summed E-state index contributed by atoms with van der Waals surface area (Å²) < 4.78 is 47.4. The minimum atomic E-state index is -2.84. The second kappa shape index (κ2) is 5.33. The molecule has 0 saturated carbocycles. The van der Waals surface area contributed by atoms with Gasteiger partial charge in [0.2, 0.25) is 5.92 Å². The lowest BCUT2D eigenvalue weighted by atomic mass is 10.1. The van der Waals surface area contributed by atoms with Gasteiger partial charge in [-0.05, 0) is 29.6 Å². The number of hydrogen-bond donors (Lipinski definition) is 0. The van der Waals surface area contributed by atoms with Crippen LogP contribution in [-0.2, 0) is 11.1 Å². The van der Waals surface area contributed by atoms with Gasteiger partial charge in [0, 0.05) is 16.1 Å². The van der Waals surface area contributed by atoms with Gasteiger partial charge in [-0.1, -0.05) is 34.1 Å². The molecule has 0 aliphatic rings. The first-order valence-electron chi connectivity index (χ1n) is 4.51. The van der Waals surface area contributed by atoms with Crippen LogP contribution in [0, 0.1) is 0 Å². The van der Waals surface area contributed by atoms with Gasteiger partial charge in [-0.15, -0.1) is 0 Å². The molecule has 2 nitrogen and oxygen atoms in total. The molecule has 1 rings (SSSR count). The SMILES string of the molecule is CC(F)(F)CC(Br)c1ccccc1S(=O)[O-]. The van der Waals surface area contributed by atoms with Gasteiger partial charge >= 0.3 is 0 Å². The summed E-state index contributed by atoms with van der Waals surface area (Å²) in [5.41, 5.74) is 0.359. The summed E-state index contributed by atoms with van der Waals surface area (Å²) in [4.78, 5) is -0.629. The van der Waals surface area contributed by atoms with Crippen molar-refractivity contribution in [1.82, 2.24) is 0 Å². The Hall–Kier alpha value is -0.330. The quantitative estimate of drug-likeness (QED) is 0.631. The fourth-order valence-corrected chi connectivity index (χ4v) is 3.03. The molecule has 16 heavy (non-hydrogen) atoms. The van der Waals surface area contributed by atoms with E-state index in [9.17, 15) is 17.5 Å². The summed E-state index contributed by atoms with van der Waals surface area (Å²) in [6, 6.07) is 6.09. The molecule has 0 radical (unpaired) electrons. The summed E-state index contributed by atoms with van der Waals surface area (Å²) >= 11 is 0.673. The Bertz CT molecular complexity index is 393. The van der Waals surface area contributed by atoms with E-state index in [1.165, 1.54) is 12.1 Å². The van der Waals surface area contributed by atoms with Crippen LogP contribution in [0.4, 0.5) is 8.78 Å². The lowest BCUT2D eigenvalue weighted by Gasteiger charge is -2.19. The average molecular weight is 312 g/mol. The van der Waals surface area contributed by atoms with Crippen LogP contribution in [0.25, 0.3) is 0 Å². The van der Waals surface area contributed by atoms with E-state index in [2.05, 4.69) is 15.9 Å². The minimum absolute atomic E-state index is 0.0497. The Kier molecular flexibility index (Phi) is 4.58. The largest absolute Gasteiger partial charge is 0.768 e. The molecule has 0 amide bonds. The van der Waals surface area contributed by atoms with Gasteiger partial charge in [0.15, 0.2) is 0 Å². The van der Waals surface area contributed by atoms with Crippen LogP contribution >= 0.6 is 15.9 Å². The molecule has 0 saturated heterocycles. The van der Waals surface area contributed by atoms with Gasteiger partial charge in [0.25, 0.3) is 0 Å². The highest BCUT2D eigenvalue weighted by Gasteiger charge is 2.27. The Balaban J connectivity index is 2.99. The molecule has 0 spiro atoms. The topological polar surface area (TPSA) is 40.1 Å². The third-order valence-corrected chi connectivity index (χ3v) is 3.52. The molecule has 2 unspecified atom stereocenters. The molecule has 0 N–H and O–H groups in total. The van der Waals surface area contributed by atoms with Crippen molar-refractivity contribution in [2.75, 3.05) is 0 Å². The van der Waals surface area contributed by atoms with Crippen LogP contribution in [0.15, 0.2) is 29.2 Å². The summed E-state index contributed by atoms with van der Waals surface area (Å²) in [5, 5.41) is 0. The van der Waals surface area contributed by atoms with Crippen molar-refractivity contribution in [1.29, 1.82) is 0 Å². The lowest BCUT2D eigenvalue weighted by Crippen LogP contribution is -2.13. The number of hydrogen-bond acceptors (Lipinski definition) is 2. The second-order valence-corrected chi connectivity index (χ2v) is 5.53.